The zero-order chi connectivity index (χ0) is 7.78. The van der Waals surface area contributed by atoms with Gasteiger partial charge in [-0.15, -0.1) is 0 Å². The van der Waals surface area contributed by atoms with E-state index in [1.807, 2.05) is 0 Å². The summed E-state index contributed by atoms with van der Waals surface area (Å²) in [6.45, 7) is 1.81. The minimum atomic E-state index is -1.60. The summed E-state index contributed by atoms with van der Waals surface area (Å²) >= 11 is 4.59. The number of ether oxygens (including phenoxy) is 1. The quantitative estimate of drug-likeness (QED) is 0.412. The first-order chi connectivity index (χ1) is 4.56. The zero-order valence-electron chi connectivity index (χ0n) is 6.18. The maximum atomic E-state index is 7.25. The summed E-state index contributed by atoms with van der Waals surface area (Å²) in [4.78, 5) is 0. The molecule has 0 bridgehead atoms. The molecule has 1 unspecified atom stereocenters. The Morgan fingerprint density at radius 1 is 2.25 bits per heavy atom. The van der Waals surface area contributed by atoms with E-state index >= 15 is 0 Å². The Bertz CT molecular complexity index is 182. The largest absolute Gasteiger partial charge is 0.462 e. The van der Waals surface area contributed by atoms with Gasteiger partial charge < -0.3 is 10.1 Å². The van der Waals surface area contributed by atoms with Crippen molar-refractivity contribution in [3.8, 4) is 0 Å². The van der Waals surface area contributed by atoms with Crippen LogP contribution in [0.4, 0.5) is 0 Å². The molecule has 0 aliphatic carbocycles. The molecule has 44 valence electrons. The lowest BCUT2D eigenvalue weighted by Gasteiger charge is -1.97. The van der Waals surface area contributed by atoms with E-state index < -0.39 is 12.6 Å². The van der Waals surface area contributed by atoms with Crippen molar-refractivity contribution in [3.63, 3.8) is 0 Å². The summed E-state index contributed by atoms with van der Waals surface area (Å²) in [6.07, 6.45) is 0.715. The Kier molecular flexibility index (Phi) is 0.921. The lowest BCUT2D eigenvalue weighted by Crippen LogP contribution is -2.13. The molecular weight excluding hydrogens is 122 g/mol. The average molecular weight is 131 g/mol. The minimum Gasteiger partial charge on any atom is -0.462 e. The molecule has 0 aromatic carbocycles. The molecule has 1 rings (SSSR count). The van der Waals surface area contributed by atoms with Crippen LogP contribution < -0.4 is 5.32 Å². The van der Waals surface area contributed by atoms with Gasteiger partial charge in [-0.3, -0.25) is 0 Å². The fraction of sp³-hybridized carbons (Fsp3) is 0.400. The Morgan fingerprint density at radius 2 is 3.00 bits per heavy atom. The van der Waals surface area contributed by atoms with Crippen molar-refractivity contribution in [1.29, 1.82) is 0 Å². The maximum Gasteiger partial charge on any atom is 0.257 e. The van der Waals surface area contributed by atoms with Crippen LogP contribution in [0.5, 0.6) is 0 Å². The molecule has 1 heterocycles. The minimum absolute atomic E-state index is 0.0925. The lowest BCUT2D eigenvalue weighted by molar-refractivity contribution is 0.287. The normalized spacial score (nSPS) is 36.5. The van der Waals surface area contributed by atoms with Crippen molar-refractivity contribution in [2.75, 3.05) is 6.50 Å². The number of nitrogens with one attached hydrogen (secondary N) is 1. The van der Waals surface area contributed by atoms with E-state index in [1.54, 1.807) is 0 Å². The van der Waals surface area contributed by atoms with Crippen LogP contribution in [-0.2, 0) is 4.74 Å². The van der Waals surface area contributed by atoms with Gasteiger partial charge in [0.1, 0.15) is 6.10 Å². The highest BCUT2D eigenvalue weighted by molar-refractivity contribution is 7.80. The molecule has 1 fully saturated rings. The molecular formula is C5H7NOS. The summed E-state index contributed by atoms with van der Waals surface area (Å²) < 4.78 is 19.3. The molecule has 0 spiro atoms. The standard InChI is InChI=1S/C5H7NOS/c1-2-4-3-6-5(8)7-4/h2,4H,1,3H2,(H,6,8)/i3D2. The number of thiocarbonyl (C=S) groups is 1. The van der Waals surface area contributed by atoms with Crippen molar-refractivity contribution in [1.82, 2.24) is 5.32 Å². The highest BCUT2D eigenvalue weighted by Gasteiger charge is 2.14. The average Bonchev–Trinajstić information content (AvgIpc) is 2.04. The van der Waals surface area contributed by atoms with E-state index in [0.29, 0.717) is 0 Å². The predicted octanol–water partition coefficient (Wildman–Crippen LogP) is 0.446. The van der Waals surface area contributed by atoms with Gasteiger partial charge in [0.2, 0.25) is 0 Å². The Balaban J connectivity index is 2.76. The molecule has 1 aliphatic rings. The van der Waals surface area contributed by atoms with Crippen molar-refractivity contribution in [2.24, 2.45) is 0 Å². The molecule has 1 aliphatic heterocycles. The topological polar surface area (TPSA) is 21.3 Å². The fourth-order valence-corrected chi connectivity index (χ4v) is 0.574. The van der Waals surface area contributed by atoms with Crippen LogP contribution >= 0.6 is 12.2 Å². The molecule has 1 N–H and O–H groups in total. The van der Waals surface area contributed by atoms with Crippen LogP contribution in [0.1, 0.15) is 2.74 Å². The Hall–Kier alpha value is -0.570. The van der Waals surface area contributed by atoms with Crippen molar-refractivity contribution >= 4 is 17.4 Å². The molecule has 3 heteroatoms. The van der Waals surface area contributed by atoms with Crippen LogP contribution in [-0.4, -0.2) is 17.8 Å². The van der Waals surface area contributed by atoms with Crippen LogP contribution in [0.25, 0.3) is 0 Å². The molecule has 0 aromatic rings. The zero-order valence-corrected chi connectivity index (χ0v) is 4.99. The van der Waals surface area contributed by atoms with Crippen LogP contribution in [0.3, 0.4) is 0 Å². The molecule has 0 amide bonds. The van der Waals surface area contributed by atoms with Gasteiger partial charge in [-0.2, -0.15) is 0 Å². The van der Waals surface area contributed by atoms with E-state index in [2.05, 4.69) is 24.1 Å². The Labute approximate surface area is 56.3 Å². The van der Waals surface area contributed by atoms with Gasteiger partial charge in [0.25, 0.3) is 5.17 Å². The highest BCUT2D eigenvalue weighted by atomic mass is 32.1. The summed E-state index contributed by atoms with van der Waals surface area (Å²) in [6, 6.07) is 0. The summed E-state index contributed by atoms with van der Waals surface area (Å²) in [7, 11) is 0. The third-order valence-corrected chi connectivity index (χ3v) is 0.963. The van der Waals surface area contributed by atoms with Gasteiger partial charge in [0.05, 0.1) is 9.24 Å². The first-order valence-electron chi connectivity index (χ1n) is 3.17. The van der Waals surface area contributed by atoms with Crippen molar-refractivity contribution in [3.05, 3.63) is 12.7 Å². The molecule has 1 atom stereocenters. The predicted molar refractivity (Wildman–Crippen MR) is 35.7 cm³/mol. The molecule has 0 radical (unpaired) electrons. The molecule has 8 heavy (non-hydrogen) atoms. The van der Waals surface area contributed by atoms with E-state index in [-0.39, 0.29) is 5.17 Å². The lowest BCUT2D eigenvalue weighted by atomic mass is 10.4. The molecule has 0 aromatic heterocycles. The molecule has 0 saturated carbocycles. The number of hydrogen-bond donors (Lipinski definition) is 1. The number of rotatable bonds is 1. The SMILES string of the molecule is [2H]C1([2H])NC(=S)OC1C=C. The van der Waals surface area contributed by atoms with E-state index in [9.17, 15) is 0 Å². The summed E-state index contributed by atoms with van der Waals surface area (Å²) in [5.74, 6) is 0. The van der Waals surface area contributed by atoms with Gasteiger partial charge in [-0.25, -0.2) is 0 Å². The fourth-order valence-electron chi connectivity index (χ4n) is 0.411. The summed E-state index contributed by atoms with van der Waals surface area (Å²) in [5.41, 5.74) is 0. The van der Waals surface area contributed by atoms with Crippen LogP contribution in [0.2, 0.25) is 0 Å². The third kappa shape index (κ3) is 0.980. The highest BCUT2D eigenvalue weighted by Crippen LogP contribution is 1.99. The van der Waals surface area contributed by atoms with Gasteiger partial charge in [-0.05, 0) is 18.3 Å². The van der Waals surface area contributed by atoms with Gasteiger partial charge in [-0.1, -0.05) is 6.58 Å². The number of hydrogen-bond acceptors (Lipinski definition) is 2. The third-order valence-electron chi connectivity index (χ3n) is 0.765. The van der Waals surface area contributed by atoms with Crippen molar-refractivity contribution in [2.45, 2.75) is 6.10 Å². The van der Waals surface area contributed by atoms with Crippen molar-refractivity contribution < 1.29 is 7.48 Å². The second-order valence-electron chi connectivity index (χ2n) is 1.33. The van der Waals surface area contributed by atoms with Gasteiger partial charge in [0.15, 0.2) is 0 Å². The van der Waals surface area contributed by atoms with Gasteiger partial charge in [0, 0.05) is 0 Å². The van der Waals surface area contributed by atoms with E-state index in [1.165, 1.54) is 6.08 Å². The van der Waals surface area contributed by atoms with E-state index in [4.69, 9.17) is 7.48 Å². The van der Waals surface area contributed by atoms with E-state index in [0.717, 1.165) is 0 Å². The van der Waals surface area contributed by atoms with Gasteiger partial charge >= 0.3 is 0 Å². The second-order valence-corrected chi connectivity index (χ2v) is 1.70. The van der Waals surface area contributed by atoms with Crippen LogP contribution in [0, 0.1) is 0 Å². The second kappa shape index (κ2) is 2.13. The Morgan fingerprint density at radius 3 is 3.25 bits per heavy atom. The molecule has 1 saturated heterocycles. The first-order valence-corrected chi connectivity index (χ1v) is 2.58. The smallest absolute Gasteiger partial charge is 0.257 e. The molecule has 2 nitrogen and oxygen atoms in total. The maximum absolute atomic E-state index is 7.25. The monoisotopic (exact) mass is 131 g/mol. The first kappa shape index (κ1) is 3.45. The summed E-state index contributed by atoms with van der Waals surface area (Å²) in [5, 5.41) is 2.46. The van der Waals surface area contributed by atoms with Crippen LogP contribution in [0.15, 0.2) is 12.7 Å².